The number of methoxy groups -OCH3 is 1. The van der Waals surface area contributed by atoms with Crippen LogP contribution in [0.3, 0.4) is 0 Å². The first-order chi connectivity index (χ1) is 11.8. The summed E-state index contributed by atoms with van der Waals surface area (Å²) in [5.41, 5.74) is 0.672. The zero-order valence-electron chi connectivity index (χ0n) is 14.2. The predicted molar refractivity (Wildman–Crippen MR) is 92.1 cm³/mol. The number of nitrogens with zero attached hydrogens (tertiary/aromatic N) is 1. The van der Waals surface area contributed by atoms with Gasteiger partial charge in [0.25, 0.3) is 5.91 Å². The Hall–Kier alpha value is -2.54. The van der Waals surface area contributed by atoms with Crippen LogP contribution in [0.15, 0.2) is 23.9 Å². The third-order valence-corrected chi connectivity index (χ3v) is 3.94. The lowest BCUT2D eigenvalue weighted by Crippen LogP contribution is -2.36. The van der Waals surface area contributed by atoms with E-state index in [-0.39, 0.29) is 11.8 Å². The summed E-state index contributed by atoms with van der Waals surface area (Å²) in [6.45, 7) is 3.50. The molecule has 0 bridgehead atoms. The highest BCUT2D eigenvalue weighted by atomic mass is 35.5. The Balaban J connectivity index is 2.17. The number of nitrogens with one attached hydrogen (secondary N) is 1. The number of ether oxygens (including phenoxy) is 2. The van der Waals surface area contributed by atoms with Gasteiger partial charge in [0.05, 0.1) is 18.2 Å². The van der Waals surface area contributed by atoms with Gasteiger partial charge in [0.1, 0.15) is 18.0 Å². The molecular weight excluding hydrogens is 348 g/mol. The van der Waals surface area contributed by atoms with Crippen molar-refractivity contribution < 1.29 is 23.9 Å². The molecule has 0 aromatic heterocycles. The topological polar surface area (TPSA) is 84.9 Å². The van der Waals surface area contributed by atoms with E-state index in [2.05, 4.69) is 10.1 Å². The largest absolute Gasteiger partial charge is 0.489 e. The molecule has 1 aromatic carbocycles. The van der Waals surface area contributed by atoms with Crippen LogP contribution < -0.4 is 10.1 Å². The fourth-order valence-electron chi connectivity index (χ4n) is 2.08. The molecule has 0 aliphatic carbocycles. The summed E-state index contributed by atoms with van der Waals surface area (Å²) in [7, 11) is 1.18. The number of amides is 3. The molecule has 134 valence electrons. The molecular formula is C17H19ClN2O5. The molecule has 25 heavy (non-hydrogen) atoms. The SMILES string of the molecule is CC[C@H](C)Oc1ccc(/C=C2/NC(=O)N(CC(=O)OC)C2=O)cc1Cl. The molecule has 1 fully saturated rings. The van der Waals surface area contributed by atoms with E-state index in [9.17, 15) is 14.4 Å². The lowest BCUT2D eigenvalue weighted by Gasteiger charge is -2.14. The Kier molecular flexibility index (Phi) is 6.03. The molecule has 7 nitrogen and oxygen atoms in total. The van der Waals surface area contributed by atoms with Gasteiger partial charge in [-0.05, 0) is 37.1 Å². The van der Waals surface area contributed by atoms with Gasteiger partial charge in [-0.1, -0.05) is 24.6 Å². The normalized spacial score (nSPS) is 16.8. The molecule has 1 aliphatic rings. The maximum atomic E-state index is 12.2. The molecule has 0 radical (unpaired) electrons. The number of halogens is 1. The van der Waals surface area contributed by atoms with Gasteiger partial charge in [0.2, 0.25) is 0 Å². The Morgan fingerprint density at radius 3 is 2.72 bits per heavy atom. The van der Waals surface area contributed by atoms with Crippen LogP contribution in [0.1, 0.15) is 25.8 Å². The molecule has 0 unspecified atom stereocenters. The summed E-state index contributed by atoms with van der Waals surface area (Å²) in [6, 6.07) is 4.38. The Morgan fingerprint density at radius 2 is 2.12 bits per heavy atom. The van der Waals surface area contributed by atoms with Crippen LogP contribution in [-0.2, 0) is 14.3 Å². The van der Waals surface area contributed by atoms with Crippen molar-refractivity contribution in [3.63, 3.8) is 0 Å². The molecule has 1 aliphatic heterocycles. The van der Waals surface area contributed by atoms with Crippen LogP contribution >= 0.6 is 11.6 Å². The van der Waals surface area contributed by atoms with E-state index in [4.69, 9.17) is 16.3 Å². The van der Waals surface area contributed by atoms with Gasteiger partial charge in [-0.3, -0.25) is 9.59 Å². The van der Waals surface area contributed by atoms with Crippen LogP contribution in [-0.4, -0.2) is 42.6 Å². The van der Waals surface area contributed by atoms with Gasteiger partial charge in [-0.15, -0.1) is 0 Å². The lowest BCUT2D eigenvalue weighted by atomic mass is 10.1. The molecule has 1 saturated heterocycles. The van der Waals surface area contributed by atoms with E-state index < -0.39 is 24.5 Å². The predicted octanol–water partition coefficient (Wildman–Crippen LogP) is 2.58. The first-order valence-corrected chi connectivity index (χ1v) is 8.11. The summed E-state index contributed by atoms with van der Waals surface area (Å²) in [5.74, 6) is -0.738. The molecule has 1 heterocycles. The second kappa shape index (κ2) is 8.02. The third kappa shape index (κ3) is 4.51. The van der Waals surface area contributed by atoms with Crippen molar-refractivity contribution in [3.8, 4) is 5.75 Å². The van der Waals surface area contributed by atoms with Gasteiger partial charge in [-0.2, -0.15) is 0 Å². The van der Waals surface area contributed by atoms with Gasteiger partial charge < -0.3 is 14.8 Å². The number of hydrogen-bond donors (Lipinski definition) is 1. The van der Waals surface area contributed by atoms with Crippen molar-refractivity contribution in [2.75, 3.05) is 13.7 Å². The van der Waals surface area contributed by atoms with E-state index in [0.29, 0.717) is 16.3 Å². The van der Waals surface area contributed by atoms with E-state index in [1.165, 1.54) is 13.2 Å². The summed E-state index contributed by atoms with van der Waals surface area (Å²) < 4.78 is 10.2. The first-order valence-electron chi connectivity index (χ1n) is 7.73. The summed E-state index contributed by atoms with van der Waals surface area (Å²) in [6.07, 6.45) is 2.36. The number of benzene rings is 1. The summed E-state index contributed by atoms with van der Waals surface area (Å²) in [5, 5.41) is 2.82. The average molecular weight is 367 g/mol. The van der Waals surface area contributed by atoms with Gasteiger partial charge >= 0.3 is 12.0 Å². The number of urea groups is 1. The molecule has 1 aromatic rings. The van der Waals surface area contributed by atoms with E-state index in [1.54, 1.807) is 18.2 Å². The molecule has 2 rings (SSSR count). The standard InChI is InChI=1S/C17H19ClN2O5/c1-4-10(2)25-14-6-5-11(7-12(14)18)8-13-16(22)20(17(23)19-13)9-15(21)24-3/h5-8,10H,4,9H2,1-3H3,(H,19,23)/b13-8+/t10-/m0/s1. The molecule has 1 N–H and O–H groups in total. The van der Waals surface area contributed by atoms with Crippen molar-refractivity contribution in [3.05, 3.63) is 34.5 Å². The quantitative estimate of drug-likeness (QED) is 0.475. The number of carbonyl (C=O) groups excluding carboxylic acids is 3. The van der Waals surface area contributed by atoms with Crippen LogP contribution in [0.5, 0.6) is 5.75 Å². The van der Waals surface area contributed by atoms with Crippen molar-refractivity contribution in [1.29, 1.82) is 0 Å². The second-order valence-electron chi connectivity index (χ2n) is 5.48. The van der Waals surface area contributed by atoms with Crippen LogP contribution in [0.25, 0.3) is 6.08 Å². The number of esters is 1. The van der Waals surface area contributed by atoms with Crippen LogP contribution in [0, 0.1) is 0 Å². The highest BCUT2D eigenvalue weighted by molar-refractivity contribution is 6.32. The van der Waals surface area contributed by atoms with Gasteiger partial charge in [0, 0.05) is 0 Å². The number of imide groups is 1. The van der Waals surface area contributed by atoms with Gasteiger partial charge in [0.15, 0.2) is 0 Å². The van der Waals surface area contributed by atoms with Crippen LogP contribution in [0.2, 0.25) is 5.02 Å². The van der Waals surface area contributed by atoms with E-state index in [1.807, 2.05) is 13.8 Å². The van der Waals surface area contributed by atoms with E-state index in [0.717, 1.165) is 11.3 Å². The van der Waals surface area contributed by atoms with Crippen molar-refractivity contribution in [2.24, 2.45) is 0 Å². The van der Waals surface area contributed by atoms with E-state index >= 15 is 0 Å². The fraction of sp³-hybridized carbons (Fsp3) is 0.353. The van der Waals surface area contributed by atoms with Gasteiger partial charge in [-0.25, -0.2) is 9.69 Å². The highest BCUT2D eigenvalue weighted by Crippen LogP contribution is 2.28. The number of carbonyl (C=O) groups is 3. The Labute approximate surface area is 150 Å². The maximum absolute atomic E-state index is 12.2. The number of rotatable bonds is 6. The molecule has 8 heteroatoms. The zero-order chi connectivity index (χ0) is 18.6. The second-order valence-corrected chi connectivity index (χ2v) is 5.89. The average Bonchev–Trinajstić information content (AvgIpc) is 2.84. The summed E-state index contributed by atoms with van der Waals surface area (Å²) in [4.78, 5) is 36.1. The molecule has 0 saturated carbocycles. The Bertz CT molecular complexity index is 732. The summed E-state index contributed by atoms with van der Waals surface area (Å²) >= 11 is 6.20. The van der Waals surface area contributed by atoms with Crippen molar-refractivity contribution >= 4 is 35.6 Å². The minimum Gasteiger partial charge on any atom is -0.489 e. The monoisotopic (exact) mass is 366 g/mol. The van der Waals surface area contributed by atoms with Crippen molar-refractivity contribution in [2.45, 2.75) is 26.4 Å². The smallest absolute Gasteiger partial charge is 0.329 e. The Morgan fingerprint density at radius 1 is 1.40 bits per heavy atom. The highest BCUT2D eigenvalue weighted by Gasteiger charge is 2.35. The molecule has 3 amide bonds. The first kappa shape index (κ1) is 18.8. The minimum absolute atomic E-state index is 0.0317. The minimum atomic E-state index is -0.681. The maximum Gasteiger partial charge on any atom is 0.329 e. The van der Waals surface area contributed by atoms with Crippen LogP contribution in [0.4, 0.5) is 4.79 Å². The molecule has 1 atom stereocenters. The lowest BCUT2D eigenvalue weighted by molar-refractivity contribution is -0.143. The molecule has 0 spiro atoms. The van der Waals surface area contributed by atoms with Crippen molar-refractivity contribution in [1.82, 2.24) is 10.2 Å². The number of hydrogen-bond acceptors (Lipinski definition) is 5. The zero-order valence-corrected chi connectivity index (χ0v) is 14.9. The third-order valence-electron chi connectivity index (χ3n) is 3.65. The fourth-order valence-corrected chi connectivity index (χ4v) is 2.31.